The summed E-state index contributed by atoms with van der Waals surface area (Å²) >= 11 is 7.37. The van der Waals surface area contributed by atoms with Gasteiger partial charge in [0.1, 0.15) is 5.75 Å². The molecule has 96 valence electrons. The van der Waals surface area contributed by atoms with Crippen molar-refractivity contribution < 1.29 is 9.84 Å². The van der Waals surface area contributed by atoms with Gasteiger partial charge >= 0.3 is 0 Å². The monoisotopic (exact) mass is 282 g/mol. The number of hydrogen-bond acceptors (Lipinski definition) is 3. The van der Waals surface area contributed by atoms with Crippen molar-refractivity contribution in [2.24, 2.45) is 0 Å². The van der Waals surface area contributed by atoms with E-state index >= 15 is 0 Å². The molecule has 1 N–H and O–H groups in total. The smallest absolute Gasteiger partial charge is 0.119 e. The topological polar surface area (TPSA) is 29.5 Å². The molecule has 1 unspecified atom stereocenters. The van der Waals surface area contributed by atoms with Gasteiger partial charge in [0.05, 0.1) is 17.0 Å². The lowest BCUT2D eigenvalue weighted by Gasteiger charge is -2.11. The van der Waals surface area contributed by atoms with E-state index < -0.39 is 6.10 Å². The highest BCUT2D eigenvalue weighted by molar-refractivity contribution is 7.16. The zero-order chi connectivity index (χ0) is 13.0. The van der Waals surface area contributed by atoms with Gasteiger partial charge in [0.15, 0.2) is 0 Å². The SMILES string of the molecule is CCOc1cccc(C(O)Cc2ccc(Cl)s2)c1. The molecule has 18 heavy (non-hydrogen) atoms. The van der Waals surface area contributed by atoms with Crippen molar-refractivity contribution >= 4 is 22.9 Å². The molecule has 0 bridgehead atoms. The summed E-state index contributed by atoms with van der Waals surface area (Å²) in [6, 6.07) is 11.4. The lowest BCUT2D eigenvalue weighted by Crippen LogP contribution is -2.01. The van der Waals surface area contributed by atoms with Gasteiger partial charge in [0.25, 0.3) is 0 Å². The molecule has 1 heterocycles. The average Bonchev–Trinajstić information content (AvgIpc) is 2.75. The maximum Gasteiger partial charge on any atom is 0.119 e. The third-order valence-electron chi connectivity index (χ3n) is 2.58. The Morgan fingerprint density at radius 3 is 2.83 bits per heavy atom. The minimum Gasteiger partial charge on any atom is -0.494 e. The second-order valence-electron chi connectivity index (χ2n) is 3.93. The zero-order valence-corrected chi connectivity index (χ0v) is 11.7. The van der Waals surface area contributed by atoms with Gasteiger partial charge in [0.2, 0.25) is 0 Å². The minimum atomic E-state index is -0.528. The lowest BCUT2D eigenvalue weighted by atomic mass is 10.1. The molecule has 0 aliphatic carbocycles. The minimum absolute atomic E-state index is 0.528. The quantitative estimate of drug-likeness (QED) is 0.895. The highest BCUT2D eigenvalue weighted by Crippen LogP contribution is 2.27. The number of halogens is 1. The first kappa shape index (κ1) is 13.4. The van der Waals surface area contributed by atoms with E-state index in [-0.39, 0.29) is 0 Å². The second kappa shape index (κ2) is 6.23. The summed E-state index contributed by atoms with van der Waals surface area (Å²) in [5, 5.41) is 10.2. The third kappa shape index (κ3) is 3.48. The molecule has 0 fully saturated rings. The third-order valence-corrected chi connectivity index (χ3v) is 3.83. The van der Waals surface area contributed by atoms with Crippen molar-refractivity contribution in [1.82, 2.24) is 0 Å². The summed E-state index contributed by atoms with van der Waals surface area (Å²) in [5.74, 6) is 0.790. The molecule has 4 heteroatoms. The maximum absolute atomic E-state index is 10.2. The number of aliphatic hydroxyl groups is 1. The molecule has 2 nitrogen and oxygen atoms in total. The van der Waals surface area contributed by atoms with Crippen molar-refractivity contribution in [1.29, 1.82) is 0 Å². The number of hydrogen-bond donors (Lipinski definition) is 1. The van der Waals surface area contributed by atoms with E-state index in [1.165, 1.54) is 11.3 Å². The van der Waals surface area contributed by atoms with Crippen molar-refractivity contribution in [3.05, 3.63) is 51.2 Å². The van der Waals surface area contributed by atoms with Crippen molar-refractivity contribution in [2.45, 2.75) is 19.4 Å². The Labute approximate surface area is 116 Å². The molecule has 0 radical (unpaired) electrons. The standard InChI is InChI=1S/C14H15ClO2S/c1-2-17-11-5-3-4-10(8-11)13(16)9-12-6-7-14(15)18-12/h3-8,13,16H,2,9H2,1H3. The molecule has 0 aliphatic rings. The second-order valence-corrected chi connectivity index (χ2v) is 5.73. The van der Waals surface area contributed by atoms with Crippen LogP contribution in [0, 0.1) is 0 Å². The fraction of sp³-hybridized carbons (Fsp3) is 0.286. The predicted molar refractivity (Wildman–Crippen MR) is 75.6 cm³/mol. The highest BCUT2D eigenvalue weighted by atomic mass is 35.5. The predicted octanol–water partition coefficient (Wildman–Crippen LogP) is 4.08. The largest absolute Gasteiger partial charge is 0.494 e. The Morgan fingerprint density at radius 1 is 1.33 bits per heavy atom. The van der Waals surface area contributed by atoms with E-state index in [0.717, 1.165) is 20.5 Å². The van der Waals surface area contributed by atoms with Gasteiger partial charge in [0, 0.05) is 11.3 Å². The van der Waals surface area contributed by atoms with Gasteiger partial charge in [-0.15, -0.1) is 11.3 Å². The van der Waals surface area contributed by atoms with Crippen LogP contribution in [0.5, 0.6) is 5.75 Å². The molecule has 2 aromatic rings. The van der Waals surface area contributed by atoms with Crippen LogP contribution in [0.15, 0.2) is 36.4 Å². The van der Waals surface area contributed by atoms with E-state index in [2.05, 4.69) is 0 Å². The zero-order valence-electron chi connectivity index (χ0n) is 10.1. The Morgan fingerprint density at radius 2 is 2.17 bits per heavy atom. The van der Waals surface area contributed by atoms with Crippen LogP contribution in [0.1, 0.15) is 23.5 Å². The molecule has 0 spiro atoms. The van der Waals surface area contributed by atoms with E-state index in [0.29, 0.717) is 13.0 Å². The number of rotatable bonds is 5. The Bertz CT molecular complexity index is 510. The first-order valence-corrected chi connectivity index (χ1v) is 7.03. The van der Waals surface area contributed by atoms with E-state index in [9.17, 15) is 5.11 Å². The fourth-order valence-electron chi connectivity index (χ4n) is 1.75. The lowest BCUT2D eigenvalue weighted by molar-refractivity contribution is 0.179. The Balaban J connectivity index is 2.08. The summed E-state index contributed by atoms with van der Waals surface area (Å²) in [5.41, 5.74) is 0.866. The van der Waals surface area contributed by atoms with E-state index in [1.807, 2.05) is 43.3 Å². The summed E-state index contributed by atoms with van der Waals surface area (Å²) < 4.78 is 6.17. The van der Waals surface area contributed by atoms with E-state index in [1.54, 1.807) is 0 Å². The molecule has 1 aromatic carbocycles. The molecule has 1 aromatic heterocycles. The molecule has 0 saturated carbocycles. The summed E-state index contributed by atoms with van der Waals surface area (Å²) in [6.07, 6.45) is 0.0487. The Kier molecular flexibility index (Phi) is 4.64. The average molecular weight is 283 g/mol. The normalized spacial score (nSPS) is 12.4. The van der Waals surface area contributed by atoms with Crippen LogP contribution in [0.2, 0.25) is 4.34 Å². The molecule has 1 atom stereocenters. The molecule has 0 amide bonds. The number of aliphatic hydroxyl groups excluding tert-OH is 1. The summed E-state index contributed by atoms with van der Waals surface area (Å²) in [4.78, 5) is 1.08. The number of thiophene rings is 1. The molecular formula is C14H15ClO2S. The van der Waals surface area contributed by atoms with Crippen LogP contribution >= 0.6 is 22.9 Å². The van der Waals surface area contributed by atoms with Gasteiger partial charge in [-0.05, 0) is 36.8 Å². The fourth-order valence-corrected chi connectivity index (χ4v) is 2.87. The highest BCUT2D eigenvalue weighted by Gasteiger charge is 2.11. The number of ether oxygens (including phenoxy) is 1. The van der Waals surface area contributed by atoms with Crippen LogP contribution in [0.3, 0.4) is 0 Å². The van der Waals surface area contributed by atoms with Crippen LogP contribution in [0.4, 0.5) is 0 Å². The van der Waals surface area contributed by atoms with E-state index in [4.69, 9.17) is 16.3 Å². The molecular weight excluding hydrogens is 268 g/mol. The first-order valence-electron chi connectivity index (χ1n) is 5.84. The van der Waals surface area contributed by atoms with Crippen molar-refractivity contribution in [2.75, 3.05) is 6.61 Å². The first-order chi connectivity index (χ1) is 8.69. The van der Waals surface area contributed by atoms with Gasteiger partial charge in [-0.25, -0.2) is 0 Å². The van der Waals surface area contributed by atoms with Gasteiger partial charge in [-0.3, -0.25) is 0 Å². The van der Waals surface area contributed by atoms with Gasteiger partial charge < -0.3 is 9.84 Å². The number of benzene rings is 1. The van der Waals surface area contributed by atoms with Crippen LogP contribution < -0.4 is 4.74 Å². The van der Waals surface area contributed by atoms with Gasteiger partial charge in [-0.1, -0.05) is 23.7 Å². The van der Waals surface area contributed by atoms with Gasteiger partial charge in [-0.2, -0.15) is 0 Å². The summed E-state index contributed by atoms with van der Waals surface area (Å²) in [6.45, 7) is 2.57. The van der Waals surface area contributed by atoms with Crippen molar-refractivity contribution in [3.63, 3.8) is 0 Å². The van der Waals surface area contributed by atoms with Crippen LogP contribution in [-0.2, 0) is 6.42 Å². The summed E-state index contributed by atoms with van der Waals surface area (Å²) in [7, 11) is 0. The maximum atomic E-state index is 10.2. The van der Waals surface area contributed by atoms with Crippen LogP contribution in [-0.4, -0.2) is 11.7 Å². The molecule has 0 saturated heterocycles. The Hall–Kier alpha value is -1.03. The van der Waals surface area contributed by atoms with Crippen molar-refractivity contribution in [3.8, 4) is 5.75 Å². The van der Waals surface area contributed by atoms with Crippen LogP contribution in [0.25, 0.3) is 0 Å². The molecule has 2 rings (SSSR count). The molecule has 0 aliphatic heterocycles.